The molecule has 0 radical (unpaired) electrons. The minimum atomic E-state index is 0.750. The zero-order valence-electron chi connectivity index (χ0n) is 11.1. The first-order chi connectivity index (χ1) is 9.74. The van der Waals surface area contributed by atoms with Gasteiger partial charge in [0.25, 0.3) is 0 Å². The van der Waals surface area contributed by atoms with Gasteiger partial charge in [0.1, 0.15) is 0 Å². The highest BCUT2D eigenvalue weighted by molar-refractivity contribution is 6.03. The summed E-state index contributed by atoms with van der Waals surface area (Å²) in [5.41, 5.74) is 7.23. The van der Waals surface area contributed by atoms with E-state index >= 15 is 0 Å². The molecule has 0 aliphatic heterocycles. The number of benzene rings is 2. The Hall–Kier alpha value is -2.80. The highest BCUT2D eigenvalue weighted by Crippen LogP contribution is 2.48. The Morgan fingerprint density at radius 2 is 1.35 bits per heavy atom. The fourth-order valence-electron chi connectivity index (χ4n) is 2.31. The normalized spacial score (nSPS) is 8.85. The van der Waals surface area contributed by atoms with Gasteiger partial charge in [-0.25, -0.2) is 20.4 Å². The molecule has 0 saturated heterocycles. The molecule has 0 fully saturated rings. The molecule has 20 heavy (non-hydrogen) atoms. The number of aryl methyl sites for hydroxylation is 1. The van der Waals surface area contributed by atoms with E-state index in [-0.39, 0.29) is 0 Å². The van der Waals surface area contributed by atoms with Gasteiger partial charge in [-0.1, -0.05) is 49.4 Å². The van der Waals surface area contributed by atoms with Crippen LogP contribution >= 0.6 is 0 Å². The average molecular weight is 266 g/mol. The summed E-state index contributed by atoms with van der Waals surface area (Å²) in [5.74, 6) is 0. The smallest absolute Gasteiger partial charge is 0.222 e. The quantitative estimate of drug-likeness (QED) is 0.520. The maximum atomic E-state index is 8.35. The summed E-state index contributed by atoms with van der Waals surface area (Å²) in [6.45, 7) is 2.22. The predicted molar refractivity (Wildman–Crippen MR) is 77.1 cm³/mol. The van der Waals surface area contributed by atoms with Crippen molar-refractivity contribution in [3.05, 3.63) is 48.0 Å². The van der Waals surface area contributed by atoms with Gasteiger partial charge in [0, 0.05) is 0 Å². The third kappa shape index (κ3) is 2.96. The van der Waals surface area contributed by atoms with Crippen LogP contribution in [0.25, 0.3) is 22.3 Å². The number of rotatable bonds is 1. The van der Waals surface area contributed by atoms with Crippen LogP contribution in [0, 0.1) is 10.8 Å². The van der Waals surface area contributed by atoms with Crippen molar-refractivity contribution in [1.82, 2.24) is 0 Å². The molecule has 100 valence electrons. The van der Waals surface area contributed by atoms with E-state index in [0.29, 0.717) is 0 Å². The summed E-state index contributed by atoms with van der Waals surface area (Å²) in [6.07, 6.45) is 2.62. The molecule has 1 aliphatic rings. The second kappa shape index (κ2) is 7.59. The van der Waals surface area contributed by atoms with Gasteiger partial charge in [-0.15, -0.1) is 0 Å². The van der Waals surface area contributed by atoms with E-state index < -0.39 is 0 Å². The second-order valence-electron chi connectivity index (χ2n) is 3.94. The van der Waals surface area contributed by atoms with Crippen molar-refractivity contribution in [2.45, 2.75) is 13.3 Å². The van der Waals surface area contributed by atoms with Gasteiger partial charge >= 0.3 is 0 Å². The minimum Gasteiger partial charge on any atom is -0.222 e. The molecular weight excluding hydrogens is 252 g/mol. The summed E-state index contributed by atoms with van der Waals surface area (Å²) in [4.78, 5) is 16.7. The first-order valence-electron chi connectivity index (χ1n) is 6.04. The summed E-state index contributed by atoms with van der Waals surface area (Å²) in [5, 5.41) is 10.8. The first kappa shape index (κ1) is 15.3. The zero-order valence-corrected chi connectivity index (χ0v) is 11.1. The fourth-order valence-corrected chi connectivity index (χ4v) is 2.31. The van der Waals surface area contributed by atoms with Crippen LogP contribution in [-0.4, -0.2) is 12.2 Å². The van der Waals surface area contributed by atoms with Gasteiger partial charge in [-0.05, 0) is 34.2 Å². The van der Waals surface area contributed by atoms with Crippen molar-refractivity contribution >= 4 is 12.2 Å². The summed E-state index contributed by atoms with van der Waals surface area (Å²) < 4.78 is 0. The Kier molecular flexibility index (Phi) is 5.79. The van der Waals surface area contributed by atoms with Crippen LogP contribution in [0.5, 0.6) is 0 Å². The lowest BCUT2D eigenvalue weighted by Crippen LogP contribution is -2.01. The third-order valence-electron chi connectivity index (χ3n) is 3.02. The number of isocyanates is 2. The second-order valence-corrected chi connectivity index (χ2v) is 3.94. The molecule has 3 rings (SSSR count). The van der Waals surface area contributed by atoms with Crippen molar-refractivity contribution < 1.29 is 9.59 Å². The molecule has 2 N–H and O–H groups in total. The van der Waals surface area contributed by atoms with E-state index in [9.17, 15) is 0 Å². The molecule has 0 spiro atoms. The van der Waals surface area contributed by atoms with Crippen molar-refractivity contribution in [3.8, 4) is 22.3 Å². The number of hydrogen-bond donors (Lipinski definition) is 2. The molecule has 0 bridgehead atoms. The van der Waals surface area contributed by atoms with Gasteiger partial charge in [-0.2, -0.15) is 0 Å². The van der Waals surface area contributed by atoms with E-state index in [0.717, 1.165) is 18.6 Å². The van der Waals surface area contributed by atoms with Crippen LogP contribution in [-0.2, 0) is 16.0 Å². The Bertz CT molecular complexity index is 654. The standard InChI is InChI=1S/C14H12.2CHNO/c1-2-10-6-5-9-13-11-7-3-4-8-12(11)14(10)13;2*2-1-3/h3-9H,2H2,1H3;2*2H. The molecule has 0 saturated carbocycles. The zero-order chi connectivity index (χ0) is 15.0. The summed E-state index contributed by atoms with van der Waals surface area (Å²) in [7, 11) is 0. The van der Waals surface area contributed by atoms with Crippen LogP contribution in [0.1, 0.15) is 12.5 Å². The van der Waals surface area contributed by atoms with Gasteiger partial charge < -0.3 is 0 Å². The molecule has 2 aromatic rings. The van der Waals surface area contributed by atoms with E-state index in [1.165, 1.54) is 27.8 Å². The van der Waals surface area contributed by atoms with Crippen LogP contribution in [0.15, 0.2) is 42.5 Å². The van der Waals surface area contributed by atoms with Crippen LogP contribution in [0.2, 0.25) is 0 Å². The van der Waals surface area contributed by atoms with Crippen molar-refractivity contribution in [2.24, 2.45) is 0 Å². The van der Waals surface area contributed by atoms with Crippen LogP contribution in [0.4, 0.5) is 0 Å². The van der Waals surface area contributed by atoms with Gasteiger partial charge in [0.05, 0.1) is 0 Å². The molecule has 0 aromatic heterocycles. The van der Waals surface area contributed by atoms with E-state index in [1.807, 2.05) is 0 Å². The lowest BCUT2D eigenvalue weighted by atomic mass is 9.77. The van der Waals surface area contributed by atoms with Gasteiger partial charge in [0.15, 0.2) is 0 Å². The monoisotopic (exact) mass is 266 g/mol. The Balaban J connectivity index is 0.000000290. The Morgan fingerprint density at radius 3 is 1.90 bits per heavy atom. The SMILES string of the molecule is CCc1cccc2c1-c1ccccc1-2.N=C=O.N=C=O. The molecule has 4 nitrogen and oxygen atoms in total. The summed E-state index contributed by atoms with van der Waals surface area (Å²) in [6, 6.07) is 15.3. The third-order valence-corrected chi connectivity index (χ3v) is 3.02. The molecule has 1 aliphatic carbocycles. The summed E-state index contributed by atoms with van der Waals surface area (Å²) >= 11 is 0. The van der Waals surface area contributed by atoms with Crippen LogP contribution in [0.3, 0.4) is 0 Å². The lowest BCUT2D eigenvalue weighted by Gasteiger charge is -2.26. The topological polar surface area (TPSA) is 81.8 Å². The van der Waals surface area contributed by atoms with Crippen molar-refractivity contribution in [3.63, 3.8) is 0 Å². The molecule has 0 heterocycles. The van der Waals surface area contributed by atoms with Crippen LogP contribution < -0.4 is 0 Å². The maximum Gasteiger partial charge on any atom is 0.231 e. The number of carbonyl (C=O) groups excluding carboxylic acids is 2. The minimum absolute atomic E-state index is 0.750. The van der Waals surface area contributed by atoms with Crippen molar-refractivity contribution in [1.29, 1.82) is 10.8 Å². The largest absolute Gasteiger partial charge is 0.231 e. The molecule has 0 amide bonds. The van der Waals surface area contributed by atoms with Gasteiger partial charge in [0.2, 0.25) is 12.2 Å². The maximum absolute atomic E-state index is 8.35. The van der Waals surface area contributed by atoms with E-state index in [2.05, 4.69) is 49.4 Å². The fraction of sp³-hybridized carbons (Fsp3) is 0.125. The van der Waals surface area contributed by atoms with E-state index in [1.54, 1.807) is 0 Å². The molecule has 0 unspecified atom stereocenters. The average Bonchev–Trinajstić information content (AvgIpc) is 2.45. The highest BCUT2D eigenvalue weighted by Gasteiger charge is 2.22. The lowest BCUT2D eigenvalue weighted by molar-refractivity contribution is 0.562. The molecular formula is C16H14N2O2. The number of fused-ring (bicyclic) bond motifs is 4. The number of nitrogens with one attached hydrogen (secondary N) is 2. The molecule has 2 aromatic carbocycles. The Labute approximate surface area is 117 Å². The predicted octanol–water partition coefficient (Wildman–Crippen LogP) is 3.70. The Morgan fingerprint density at radius 1 is 0.850 bits per heavy atom. The highest BCUT2D eigenvalue weighted by atomic mass is 16.1. The first-order valence-corrected chi connectivity index (χ1v) is 6.04. The molecule has 0 atom stereocenters. The number of hydrogen-bond acceptors (Lipinski definition) is 4. The van der Waals surface area contributed by atoms with Crippen molar-refractivity contribution in [2.75, 3.05) is 0 Å². The van der Waals surface area contributed by atoms with Gasteiger partial charge in [-0.3, -0.25) is 0 Å². The van der Waals surface area contributed by atoms with E-state index in [4.69, 9.17) is 20.4 Å². The molecule has 4 heteroatoms.